The van der Waals surface area contributed by atoms with Gasteiger partial charge in [0.1, 0.15) is 11.5 Å². The van der Waals surface area contributed by atoms with Gasteiger partial charge in [0.2, 0.25) is 0 Å². The predicted molar refractivity (Wildman–Crippen MR) is 110 cm³/mol. The third-order valence-corrected chi connectivity index (χ3v) is 5.68. The van der Waals surface area contributed by atoms with E-state index in [1.165, 1.54) is 12.8 Å². The Labute approximate surface area is 171 Å². The van der Waals surface area contributed by atoms with Crippen molar-refractivity contribution in [2.24, 2.45) is 0 Å². The predicted octanol–water partition coefficient (Wildman–Crippen LogP) is 4.91. The van der Waals surface area contributed by atoms with Gasteiger partial charge in [-0.25, -0.2) is 0 Å². The summed E-state index contributed by atoms with van der Waals surface area (Å²) >= 11 is 5.98. The minimum absolute atomic E-state index is 0. The van der Waals surface area contributed by atoms with E-state index < -0.39 is 0 Å². The van der Waals surface area contributed by atoms with Crippen LogP contribution in [0.2, 0.25) is 5.02 Å². The van der Waals surface area contributed by atoms with Crippen molar-refractivity contribution in [3.05, 3.63) is 59.1 Å². The number of carbonyl (C=O) groups excluding carboxylic acids is 1. The van der Waals surface area contributed by atoms with Crippen LogP contribution >= 0.6 is 24.0 Å². The van der Waals surface area contributed by atoms with Crippen molar-refractivity contribution in [3.8, 4) is 11.5 Å². The Kier molecular flexibility index (Phi) is 6.30. The van der Waals surface area contributed by atoms with Crippen molar-refractivity contribution < 1.29 is 9.53 Å². The van der Waals surface area contributed by atoms with Crippen LogP contribution in [0.25, 0.3) is 0 Å². The maximum absolute atomic E-state index is 12.8. The largest absolute Gasteiger partial charge is 0.457 e. The number of benzene rings is 2. The Morgan fingerprint density at radius 1 is 1.07 bits per heavy atom. The van der Waals surface area contributed by atoms with E-state index in [1.807, 2.05) is 48.3 Å². The summed E-state index contributed by atoms with van der Waals surface area (Å²) in [6.07, 6.45) is 4.57. The highest BCUT2D eigenvalue weighted by Crippen LogP contribution is 2.30. The Balaban J connectivity index is 0.00000210. The molecular formula is C21H24Cl2N2O2. The highest BCUT2D eigenvalue weighted by atomic mass is 35.5. The summed E-state index contributed by atoms with van der Waals surface area (Å²) in [5.74, 6) is 1.44. The molecule has 2 atom stereocenters. The van der Waals surface area contributed by atoms with Gasteiger partial charge in [0.25, 0.3) is 5.91 Å². The molecule has 0 spiro atoms. The Hall–Kier alpha value is -1.75. The van der Waals surface area contributed by atoms with Crippen LogP contribution < -0.4 is 10.1 Å². The molecule has 4 nitrogen and oxygen atoms in total. The maximum atomic E-state index is 12.8. The lowest BCUT2D eigenvalue weighted by Gasteiger charge is -2.35. The molecule has 2 aromatic carbocycles. The smallest absolute Gasteiger partial charge is 0.253 e. The van der Waals surface area contributed by atoms with Gasteiger partial charge in [0.05, 0.1) is 0 Å². The number of amides is 1. The summed E-state index contributed by atoms with van der Waals surface area (Å²) in [6.45, 7) is 0. The van der Waals surface area contributed by atoms with Crippen LogP contribution in [-0.2, 0) is 0 Å². The normalized spacial score (nSPS) is 23.4. The molecule has 6 heteroatoms. The molecule has 2 aliphatic heterocycles. The first kappa shape index (κ1) is 20.0. The standard InChI is InChI=1S/C21H23ClN2O2.ClH/c1-24(18-12-16-7-8-17(13-18)23-16)21(25)14-5-9-19(10-6-14)26-20-4-2-3-15(22)11-20;/h2-6,9-11,16-18,23H,7-8,12-13H2,1H3;1H. The molecule has 0 radical (unpaired) electrons. The second kappa shape index (κ2) is 8.51. The zero-order valence-corrected chi connectivity index (χ0v) is 16.8. The van der Waals surface area contributed by atoms with Crippen LogP contribution in [0.15, 0.2) is 48.5 Å². The summed E-state index contributed by atoms with van der Waals surface area (Å²) in [5, 5.41) is 4.26. The third-order valence-electron chi connectivity index (χ3n) is 5.45. The summed E-state index contributed by atoms with van der Waals surface area (Å²) < 4.78 is 5.79. The molecule has 2 aliphatic rings. The number of hydrogen-bond acceptors (Lipinski definition) is 3. The minimum Gasteiger partial charge on any atom is -0.457 e. The van der Waals surface area contributed by atoms with E-state index in [0.717, 1.165) is 12.8 Å². The van der Waals surface area contributed by atoms with E-state index in [9.17, 15) is 4.79 Å². The van der Waals surface area contributed by atoms with Gasteiger partial charge in [-0.2, -0.15) is 0 Å². The van der Waals surface area contributed by atoms with E-state index in [1.54, 1.807) is 12.1 Å². The van der Waals surface area contributed by atoms with Crippen molar-refractivity contribution in [1.29, 1.82) is 0 Å². The fraction of sp³-hybridized carbons (Fsp3) is 0.381. The van der Waals surface area contributed by atoms with Crippen molar-refractivity contribution in [1.82, 2.24) is 10.2 Å². The van der Waals surface area contributed by atoms with Crippen LogP contribution in [-0.4, -0.2) is 36.0 Å². The second-order valence-electron chi connectivity index (χ2n) is 7.26. The van der Waals surface area contributed by atoms with Crippen molar-refractivity contribution in [2.75, 3.05) is 7.05 Å². The van der Waals surface area contributed by atoms with E-state index in [4.69, 9.17) is 16.3 Å². The maximum Gasteiger partial charge on any atom is 0.253 e. The number of nitrogens with one attached hydrogen (secondary N) is 1. The van der Waals surface area contributed by atoms with Crippen LogP contribution in [0.1, 0.15) is 36.0 Å². The molecule has 1 amide bonds. The lowest BCUT2D eigenvalue weighted by molar-refractivity contribution is 0.0681. The monoisotopic (exact) mass is 406 g/mol. The van der Waals surface area contributed by atoms with E-state index >= 15 is 0 Å². The van der Waals surface area contributed by atoms with Gasteiger partial charge < -0.3 is 15.0 Å². The van der Waals surface area contributed by atoms with Crippen LogP contribution in [0, 0.1) is 0 Å². The number of nitrogens with zero attached hydrogens (tertiary/aromatic N) is 1. The Morgan fingerprint density at radius 3 is 2.37 bits per heavy atom. The number of hydrogen-bond donors (Lipinski definition) is 1. The van der Waals surface area contributed by atoms with Crippen LogP contribution in [0.5, 0.6) is 11.5 Å². The summed E-state index contributed by atoms with van der Waals surface area (Å²) in [7, 11) is 1.92. The Morgan fingerprint density at radius 2 is 1.74 bits per heavy atom. The number of rotatable bonds is 4. The summed E-state index contributed by atoms with van der Waals surface area (Å²) in [5.41, 5.74) is 0.692. The van der Waals surface area contributed by atoms with Gasteiger partial charge in [-0.1, -0.05) is 17.7 Å². The number of ether oxygens (including phenoxy) is 1. The molecule has 144 valence electrons. The highest BCUT2D eigenvalue weighted by Gasteiger charge is 2.36. The second-order valence-corrected chi connectivity index (χ2v) is 7.70. The molecule has 2 aromatic rings. The molecule has 4 rings (SSSR count). The number of piperidine rings is 1. The molecule has 0 aliphatic carbocycles. The van der Waals surface area contributed by atoms with Gasteiger partial charge in [0, 0.05) is 35.8 Å². The fourth-order valence-electron chi connectivity index (χ4n) is 4.05. The molecule has 2 unspecified atom stereocenters. The molecule has 2 heterocycles. The fourth-order valence-corrected chi connectivity index (χ4v) is 4.23. The quantitative estimate of drug-likeness (QED) is 0.783. The summed E-state index contributed by atoms with van der Waals surface area (Å²) in [6, 6.07) is 16.0. The topological polar surface area (TPSA) is 41.6 Å². The first-order valence-corrected chi connectivity index (χ1v) is 9.53. The lowest BCUT2D eigenvalue weighted by atomic mass is 9.98. The zero-order chi connectivity index (χ0) is 18.1. The van der Waals surface area contributed by atoms with E-state index in [2.05, 4.69) is 5.32 Å². The molecule has 27 heavy (non-hydrogen) atoms. The first-order chi connectivity index (χ1) is 12.6. The van der Waals surface area contributed by atoms with Crippen molar-refractivity contribution >= 4 is 29.9 Å². The molecule has 1 N–H and O–H groups in total. The van der Waals surface area contributed by atoms with Crippen LogP contribution in [0.4, 0.5) is 0 Å². The van der Waals surface area contributed by atoms with Gasteiger partial charge in [0.15, 0.2) is 0 Å². The molecule has 2 bridgehead atoms. The van der Waals surface area contributed by atoms with Gasteiger partial charge in [-0.15, -0.1) is 12.4 Å². The van der Waals surface area contributed by atoms with Gasteiger partial charge in [-0.3, -0.25) is 4.79 Å². The summed E-state index contributed by atoms with van der Waals surface area (Å²) in [4.78, 5) is 14.8. The SMILES string of the molecule is CN(C(=O)c1ccc(Oc2cccc(Cl)c2)cc1)C1CC2CCC(C1)N2.Cl. The minimum atomic E-state index is 0. The van der Waals surface area contributed by atoms with Gasteiger partial charge in [-0.05, 0) is 68.1 Å². The third kappa shape index (κ3) is 4.57. The number of fused-ring (bicyclic) bond motifs is 2. The van der Waals surface area contributed by atoms with E-state index in [0.29, 0.717) is 40.2 Å². The lowest BCUT2D eigenvalue weighted by Crippen LogP contribution is -2.48. The molecular weight excluding hydrogens is 383 g/mol. The Bertz CT molecular complexity index is 785. The molecule has 2 fully saturated rings. The molecule has 0 saturated carbocycles. The van der Waals surface area contributed by atoms with Gasteiger partial charge >= 0.3 is 0 Å². The first-order valence-electron chi connectivity index (χ1n) is 9.15. The van der Waals surface area contributed by atoms with Crippen LogP contribution in [0.3, 0.4) is 0 Å². The van der Waals surface area contributed by atoms with E-state index in [-0.39, 0.29) is 18.3 Å². The number of carbonyl (C=O) groups is 1. The zero-order valence-electron chi connectivity index (χ0n) is 15.2. The number of halogens is 2. The molecule has 2 saturated heterocycles. The highest BCUT2D eigenvalue weighted by molar-refractivity contribution is 6.30. The van der Waals surface area contributed by atoms with Crippen molar-refractivity contribution in [3.63, 3.8) is 0 Å². The molecule has 0 aromatic heterocycles. The average molecular weight is 407 g/mol. The van der Waals surface area contributed by atoms with Crippen molar-refractivity contribution in [2.45, 2.75) is 43.8 Å². The average Bonchev–Trinajstić information content (AvgIpc) is 2.99.